The maximum absolute atomic E-state index is 11.2. The first-order valence-corrected chi connectivity index (χ1v) is 4.87. The molecule has 16 heavy (non-hydrogen) atoms. The Bertz CT molecular complexity index is 404. The molecule has 1 amide bonds. The molecule has 5 nitrogen and oxygen atoms in total. The Morgan fingerprint density at radius 2 is 2.06 bits per heavy atom. The summed E-state index contributed by atoms with van der Waals surface area (Å²) in [5.41, 5.74) is 0.725. The molecule has 0 saturated carbocycles. The SMILES string of the molecule is O=C1CO[C@@H](C(=O)O)[C@H](c2ccccc2)N1. The highest BCUT2D eigenvalue weighted by Gasteiger charge is 2.35. The van der Waals surface area contributed by atoms with Crippen molar-refractivity contribution in [1.29, 1.82) is 0 Å². The van der Waals surface area contributed by atoms with E-state index in [1.807, 2.05) is 6.07 Å². The fraction of sp³-hybridized carbons (Fsp3) is 0.273. The highest BCUT2D eigenvalue weighted by atomic mass is 16.5. The van der Waals surface area contributed by atoms with Crippen molar-refractivity contribution in [3.63, 3.8) is 0 Å². The van der Waals surface area contributed by atoms with Gasteiger partial charge in [0, 0.05) is 0 Å². The highest BCUT2D eigenvalue weighted by molar-refractivity contribution is 5.82. The second-order valence-electron chi connectivity index (χ2n) is 3.53. The van der Waals surface area contributed by atoms with Gasteiger partial charge in [0.15, 0.2) is 6.10 Å². The average molecular weight is 221 g/mol. The minimum atomic E-state index is -1.08. The van der Waals surface area contributed by atoms with E-state index < -0.39 is 18.1 Å². The number of hydrogen-bond acceptors (Lipinski definition) is 3. The molecule has 2 atom stereocenters. The van der Waals surface area contributed by atoms with Gasteiger partial charge < -0.3 is 15.2 Å². The molecule has 1 fully saturated rings. The maximum Gasteiger partial charge on any atom is 0.335 e. The molecule has 0 aromatic heterocycles. The molecule has 5 heteroatoms. The Morgan fingerprint density at radius 3 is 2.69 bits per heavy atom. The van der Waals surface area contributed by atoms with Gasteiger partial charge in [0.05, 0.1) is 6.04 Å². The number of carbonyl (C=O) groups excluding carboxylic acids is 1. The molecule has 1 heterocycles. The first kappa shape index (κ1) is 10.6. The number of carboxylic acid groups (broad SMARTS) is 1. The zero-order chi connectivity index (χ0) is 11.5. The number of benzene rings is 1. The van der Waals surface area contributed by atoms with E-state index in [1.165, 1.54) is 0 Å². The number of ether oxygens (including phenoxy) is 1. The van der Waals surface area contributed by atoms with Crippen molar-refractivity contribution in [2.75, 3.05) is 6.61 Å². The normalized spacial score (nSPS) is 24.9. The van der Waals surface area contributed by atoms with E-state index in [4.69, 9.17) is 9.84 Å². The minimum absolute atomic E-state index is 0.208. The van der Waals surface area contributed by atoms with Gasteiger partial charge in [-0.1, -0.05) is 30.3 Å². The number of amides is 1. The molecule has 0 aliphatic carbocycles. The summed E-state index contributed by atoms with van der Waals surface area (Å²) in [6.07, 6.45) is -1.03. The third kappa shape index (κ3) is 2.04. The van der Waals surface area contributed by atoms with Gasteiger partial charge >= 0.3 is 5.97 Å². The number of nitrogens with one attached hydrogen (secondary N) is 1. The van der Waals surface area contributed by atoms with Crippen LogP contribution in [0.5, 0.6) is 0 Å². The van der Waals surface area contributed by atoms with Crippen LogP contribution in [0.2, 0.25) is 0 Å². The Hall–Kier alpha value is -1.88. The molecule has 2 rings (SSSR count). The van der Waals surface area contributed by atoms with Gasteiger partial charge in [-0.25, -0.2) is 4.79 Å². The van der Waals surface area contributed by atoms with Crippen molar-refractivity contribution in [3.05, 3.63) is 35.9 Å². The van der Waals surface area contributed by atoms with E-state index in [0.29, 0.717) is 0 Å². The fourth-order valence-corrected chi connectivity index (χ4v) is 1.68. The van der Waals surface area contributed by atoms with Crippen molar-refractivity contribution < 1.29 is 19.4 Å². The van der Waals surface area contributed by atoms with Crippen LogP contribution in [0.15, 0.2) is 30.3 Å². The molecule has 0 spiro atoms. The summed E-state index contributed by atoms with van der Waals surface area (Å²) in [7, 11) is 0. The van der Waals surface area contributed by atoms with Crippen molar-refractivity contribution in [2.24, 2.45) is 0 Å². The molecule has 0 bridgehead atoms. The van der Waals surface area contributed by atoms with Crippen molar-refractivity contribution >= 4 is 11.9 Å². The lowest BCUT2D eigenvalue weighted by Crippen LogP contribution is -2.49. The number of morpholine rings is 1. The Labute approximate surface area is 92.0 Å². The van der Waals surface area contributed by atoms with Crippen LogP contribution < -0.4 is 5.32 Å². The molecule has 0 unspecified atom stereocenters. The van der Waals surface area contributed by atoms with Crippen molar-refractivity contribution in [3.8, 4) is 0 Å². The Balaban J connectivity index is 2.27. The molecular weight excluding hydrogens is 210 g/mol. The molecule has 1 aromatic carbocycles. The molecule has 0 radical (unpaired) electrons. The molecule has 1 aromatic rings. The number of aliphatic carboxylic acids is 1. The summed E-state index contributed by atoms with van der Waals surface area (Å²) in [5, 5.41) is 11.6. The lowest BCUT2D eigenvalue weighted by molar-refractivity contribution is -0.160. The van der Waals surface area contributed by atoms with Crippen molar-refractivity contribution in [1.82, 2.24) is 5.32 Å². The van der Waals surface area contributed by atoms with E-state index in [0.717, 1.165) is 5.56 Å². The van der Waals surface area contributed by atoms with Crippen LogP contribution in [0, 0.1) is 0 Å². The summed E-state index contributed by atoms with van der Waals surface area (Å²) in [5.74, 6) is -1.37. The van der Waals surface area contributed by atoms with Gasteiger partial charge in [-0.15, -0.1) is 0 Å². The van der Waals surface area contributed by atoms with Crippen LogP contribution in [0.3, 0.4) is 0 Å². The summed E-state index contributed by atoms with van der Waals surface area (Å²) < 4.78 is 5.01. The average Bonchev–Trinajstić information content (AvgIpc) is 2.29. The molecule has 1 aliphatic heterocycles. The monoisotopic (exact) mass is 221 g/mol. The molecule has 84 valence electrons. The number of hydrogen-bond donors (Lipinski definition) is 2. The maximum atomic E-state index is 11.2. The first-order valence-electron chi connectivity index (χ1n) is 4.87. The first-order chi connectivity index (χ1) is 7.68. The molecule has 2 N–H and O–H groups in total. The summed E-state index contributed by atoms with van der Waals surface area (Å²) in [4.78, 5) is 22.2. The second-order valence-corrected chi connectivity index (χ2v) is 3.53. The topological polar surface area (TPSA) is 75.6 Å². The van der Waals surface area contributed by atoms with Crippen LogP contribution in [-0.2, 0) is 14.3 Å². The standard InChI is InChI=1S/C11H11NO4/c13-8-6-16-10(11(14)15)9(12-8)7-4-2-1-3-5-7/h1-5,9-10H,6H2,(H,12,13)(H,14,15)/t9-,10+/m0/s1. The van der Waals surface area contributed by atoms with Gasteiger partial charge in [0.2, 0.25) is 5.91 Å². The van der Waals surface area contributed by atoms with Crippen LogP contribution in [0.25, 0.3) is 0 Å². The zero-order valence-electron chi connectivity index (χ0n) is 8.42. The third-order valence-corrected chi connectivity index (χ3v) is 2.42. The third-order valence-electron chi connectivity index (χ3n) is 2.42. The lowest BCUT2D eigenvalue weighted by atomic mass is 10.00. The largest absolute Gasteiger partial charge is 0.479 e. The van der Waals surface area contributed by atoms with E-state index in [-0.39, 0.29) is 12.5 Å². The highest BCUT2D eigenvalue weighted by Crippen LogP contribution is 2.22. The van der Waals surface area contributed by atoms with Gasteiger partial charge in [0.1, 0.15) is 6.61 Å². The second kappa shape index (κ2) is 4.32. The van der Waals surface area contributed by atoms with Gasteiger partial charge in [0.25, 0.3) is 0 Å². The molecule has 1 aliphatic rings. The predicted molar refractivity (Wildman–Crippen MR) is 54.7 cm³/mol. The molecule has 1 saturated heterocycles. The minimum Gasteiger partial charge on any atom is -0.479 e. The zero-order valence-corrected chi connectivity index (χ0v) is 8.42. The van der Waals surface area contributed by atoms with Crippen LogP contribution in [0.1, 0.15) is 11.6 Å². The Kier molecular flexibility index (Phi) is 2.87. The van der Waals surface area contributed by atoms with E-state index >= 15 is 0 Å². The van der Waals surface area contributed by atoms with Gasteiger partial charge in [-0.05, 0) is 5.56 Å². The molecular formula is C11H11NO4. The van der Waals surface area contributed by atoms with E-state index in [1.54, 1.807) is 24.3 Å². The summed E-state index contributed by atoms with van der Waals surface area (Å²) >= 11 is 0. The van der Waals surface area contributed by atoms with E-state index in [2.05, 4.69) is 5.32 Å². The number of carbonyl (C=O) groups is 2. The van der Waals surface area contributed by atoms with Crippen LogP contribution in [-0.4, -0.2) is 29.7 Å². The summed E-state index contributed by atoms with van der Waals surface area (Å²) in [6.45, 7) is -0.208. The van der Waals surface area contributed by atoms with Gasteiger partial charge in [-0.3, -0.25) is 4.79 Å². The van der Waals surface area contributed by atoms with E-state index in [9.17, 15) is 9.59 Å². The number of rotatable bonds is 2. The Morgan fingerprint density at radius 1 is 1.38 bits per heavy atom. The van der Waals surface area contributed by atoms with Crippen LogP contribution >= 0.6 is 0 Å². The lowest BCUT2D eigenvalue weighted by Gasteiger charge is -2.29. The quantitative estimate of drug-likeness (QED) is 0.754. The smallest absolute Gasteiger partial charge is 0.335 e. The van der Waals surface area contributed by atoms with Crippen LogP contribution in [0.4, 0.5) is 0 Å². The fourth-order valence-electron chi connectivity index (χ4n) is 1.68. The summed E-state index contributed by atoms with van der Waals surface area (Å²) in [6, 6.07) is 8.29. The van der Waals surface area contributed by atoms with Gasteiger partial charge in [-0.2, -0.15) is 0 Å². The van der Waals surface area contributed by atoms with Crippen molar-refractivity contribution in [2.45, 2.75) is 12.1 Å². The predicted octanol–water partition coefficient (Wildman–Crippen LogP) is 0.327. The number of carboxylic acids is 1.